The first-order valence-electron chi connectivity index (χ1n) is 4.29. The van der Waals surface area contributed by atoms with E-state index in [-0.39, 0.29) is 5.75 Å². The first kappa shape index (κ1) is 12.0. The molecule has 0 radical (unpaired) electrons. The molecule has 0 aromatic heterocycles. The Kier molecular flexibility index (Phi) is 4.10. The fourth-order valence-corrected chi connectivity index (χ4v) is 2.23. The summed E-state index contributed by atoms with van der Waals surface area (Å²) in [4.78, 5) is 0. The third-order valence-corrected chi connectivity index (χ3v) is 3.80. The lowest BCUT2D eigenvalue weighted by Crippen LogP contribution is -2.49. The van der Waals surface area contributed by atoms with Gasteiger partial charge in [0.05, 0.1) is 0 Å². The molecule has 0 amide bonds. The summed E-state index contributed by atoms with van der Waals surface area (Å²) in [5.41, 5.74) is 0. The number of hydrogen-bond donors (Lipinski definition) is 1. The van der Waals surface area contributed by atoms with Gasteiger partial charge in [0.2, 0.25) is 0 Å². The van der Waals surface area contributed by atoms with Crippen LogP contribution in [0.15, 0.2) is 24.3 Å². The normalized spacial score (nSPS) is 11.4. The highest BCUT2D eigenvalue weighted by molar-refractivity contribution is 6.54. The lowest BCUT2D eigenvalue weighted by atomic mass is 10.3. The second kappa shape index (κ2) is 5.13. The van der Waals surface area contributed by atoms with Gasteiger partial charge in [-0.2, -0.15) is 0 Å². The molecule has 0 bridgehead atoms. The molecule has 0 atom stereocenters. The molecule has 0 heterocycles. The van der Waals surface area contributed by atoms with Crippen LogP contribution in [0.2, 0.25) is 0 Å². The Morgan fingerprint density at radius 1 is 1.07 bits per heavy atom. The van der Waals surface area contributed by atoms with Crippen LogP contribution in [0.4, 0.5) is 0 Å². The van der Waals surface area contributed by atoms with Gasteiger partial charge in [-0.3, -0.25) is 0 Å². The van der Waals surface area contributed by atoms with Crippen molar-refractivity contribution < 1.29 is 22.8 Å². The van der Waals surface area contributed by atoms with Gasteiger partial charge in [-0.1, -0.05) is 6.07 Å². The summed E-state index contributed by atoms with van der Waals surface area (Å²) in [6.45, 7) is 0. The zero-order chi connectivity index (χ0) is 11.3. The smallest absolute Gasteiger partial charge is 0.508 e. The van der Waals surface area contributed by atoms with Crippen molar-refractivity contribution in [1.29, 1.82) is 0 Å². The standard InChI is InChI=1S/C9H14O5Si/c1-11-15(12-2,13-3)14-9-6-4-5-8(10)7-9/h4-7,10H,1-3H3. The minimum atomic E-state index is -3.09. The lowest BCUT2D eigenvalue weighted by Gasteiger charge is -2.23. The van der Waals surface area contributed by atoms with Crippen molar-refractivity contribution >= 4 is 9.05 Å². The molecule has 1 rings (SSSR count). The van der Waals surface area contributed by atoms with E-state index in [1.165, 1.54) is 27.4 Å². The third kappa shape index (κ3) is 2.93. The van der Waals surface area contributed by atoms with Gasteiger partial charge < -0.3 is 22.8 Å². The van der Waals surface area contributed by atoms with Gasteiger partial charge in [0, 0.05) is 27.4 Å². The molecular weight excluding hydrogens is 216 g/mol. The molecule has 0 aliphatic rings. The molecule has 0 spiro atoms. The number of phenolic OH excluding ortho intramolecular Hbond substituents is 1. The Morgan fingerprint density at radius 3 is 2.13 bits per heavy atom. The molecule has 1 aromatic rings. The van der Waals surface area contributed by atoms with Crippen LogP contribution in [0.1, 0.15) is 0 Å². The summed E-state index contributed by atoms with van der Waals surface area (Å²) in [5, 5.41) is 9.24. The van der Waals surface area contributed by atoms with Crippen LogP contribution >= 0.6 is 0 Å². The lowest BCUT2D eigenvalue weighted by molar-refractivity contribution is 0.0510. The van der Waals surface area contributed by atoms with E-state index in [0.29, 0.717) is 5.75 Å². The predicted molar refractivity (Wildman–Crippen MR) is 55.5 cm³/mol. The number of hydrogen-bond acceptors (Lipinski definition) is 5. The Bertz CT molecular complexity index is 305. The number of phenols is 1. The predicted octanol–water partition coefficient (Wildman–Crippen LogP) is 1.15. The third-order valence-electron chi connectivity index (χ3n) is 1.81. The van der Waals surface area contributed by atoms with Crippen LogP contribution in [0, 0.1) is 0 Å². The second-order valence-corrected chi connectivity index (χ2v) is 5.14. The maximum Gasteiger partial charge on any atom is 0.748 e. The molecular formula is C9H14O5Si. The largest absolute Gasteiger partial charge is 0.748 e. The molecule has 0 saturated heterocycles. The molecule has 15 heavy (non-hydrogen) atoms. The molecule has 5 nitrogen and oxygen atoms in total. The van der Waals surface area contributed by atoms with E-state index in [4.69, 9.17) is 17.7 Å². The fourth-order valence-electron chi connectivity index (χ4n) is 1.07. The Morgan fingerprint density at radius 2 is 1.67 bits per heavy atom. The summed E-state index contributed by atoms with van der Waals surface area (Å²) < 4.78 is 20.7. The van der Waals surface area contributed by atoms with Gasteiger partial charge in [-0.15, -0.1) is 0 Å². The Labute approximate surface area is 89.6 Å². The Hall–Kier alpha value is -1.08. The number of aromatic hydroxyl groups is 1. The zero-order valence-electron chi connectivity index (χ0n) is 8.89. The van der Waals surface area contributed by atoms with Gasteiger partial charge in [-0.25, -0.2) is 0 Å². The van der Waals surface area contributed by atoms with Crippen molar-refractivity contribution in [2.24, 2.45) is 0 Å². The summed E-state index contributed by atoms with van der Waals surface area (Å²) in [5.74, 6) is 0.547. The molecule has 0 unspecified atom stereocenters. The summed E-state index contributed by atoms with van der Waals surface area (Å²) in [7, 11) is 1.25. The molecule has 6 heteroatoms. The maximum atomic E-state index is 9.24. The second-order valence-electron chi connectivity index (χ2n) is 2.71. The van der Waals surface area contributed by atoms with Gasteiger partial charge in [-0.05, 0) is 12.1 Å². The Balaban J connectivity index is 2.82. The van der Waals surface area contributed by atoms with Crippen LogP contribution in [0.5, 0.6) is 11.5 Å². The quantitative estimate of drug-likeness (QED) is 0.769. The highest BCUT2D eigenvalue weighted by Gasteiger charge is 2.45. The fraction of sp³-hybridized carbons (Fsp3) is 0.333. The van der Waals surface area contributed by atoms with Gasteiger partial charge in [0.25, 0.3) is 0 Å². The van der Waals surface area contributed by atoms with Crippen LogP contribution in [-0.4, -0.2) is 35.5 Å². The minimum Gasteiger partial charge on any atom is -0.508 e. The minimum absolute atomic E-state index is 0.110. The average Bonchev–Trinajstić information content (AvgIpc) is 2.26. The summed E-state index contributed by atoms with van der Waals surface area (Å²) in [6, 6.07) is 6.34. The van der Waals surface area contributed by atoms with E-state index in [9.17, 15) is 5.11 Å². The van der Waals surface area contributed by atoms with E-state index >= 15 is 0 Å². The molecule has 1 N–H and O–H groups in total. The summed E-state index contributed by atoms with van der Waals surface area (Å²) in [6.07, 6.45) is 0. The SMILES string of the molecule is CO[Si](OC)(OC)Oc1cccc(O)c1. The topological polar surface area (TPSA) is 57.2 Å². The van der Waals surface area contributed by atoms with E-state index in [0.717, 1.165) is 0 Å². The summed E-state index contributed by atoms with van der Waals surface area (Å²) >= 11 is 0. The van der Waals surface area contributed by atoms with E-state index in [1.807, 2.05) is 0 Å². The van der Waals surface area contributed by atoms with Crippen molar-refractivity contribution in [2.45, 2.75) is 0 Å². The molecule has 84 valence electrons. The maximum absolute atomic E-state index is 9.24. The first-order valence-corrected chi connectivity index (χ1v) is 5.92. The van der Waals surface area contributed by atoms with E-state index in [2.05, 4.69) is 0 Å². The zero-order valence-corrected chi connectivity index (χ0v) is 9.89. The molecule has 1 aromatic carbocycles. The monoisotopic (exact) mass is 230 g/mol. The molecule has 0 saturated carbocycles. The van der Waals surface area contributed by atoms with Crippen LogP contribution in [-0.2, 0) is 13.3 Å². The highest BCUT2D eigenvalue weighted by Crippen LogP contribution is 2.21. The van der Waals surface area contributed by atoms with Crippen molar-refractivity contribution in [3.05, 3.63) is 24.3 Å². The van der Waals surface area contributed by atoms with Crippen molar-refractivity contribution in [1.82, 2.24) is 0 Å². The van der Waals surface area contributed by atoms with Crippen molar-refractivity contribution in [3.8, 4) is 11.5 Å². The van der Waals surface area contributed by atoms with Gasteiger partial charge in [0.1, 0.15) is 11.5 Å². The molecule has 0 aliphatic carbocycles. The molecule has 0 aliphatic heterocycles. The first-order chi connectivity index (χ1) is 7.15. The van der Waals surface area contributed by atoms with Gasteiger partial charge in [0.15, 0.2) is 0 Å². The highest BCUT2D eigenvalue weighted by atomic mass is 28.4. The van der Waals surface area contributed by atoms with Crippen LogP contribution in [0.3, 0.4) is 0 Å². The van der Waals surface area contributed by atoms with E-state index < -0.39 is 9.05 Å². The number of rotatable bonds is 5. The van der Waals surface area contributed by atoms with E-state index in [1.54, 1.807) is 18.2 Å². The molecule has 0 fully saturated rings. The van der Waals surface area contributed by atoms with Crippen LogP contribution < -0.4 is 4.43 Å². The van der Waals surface area contributed by atoms with Crippen molar-refractivity contribution in [3.63, 3.8) is 0 Å². The van der Waals surface area contributed by atoms with Crippen molar-refractivity contribution in [2.75, 3.05) is 21.3 Å². The number of benzene rings is 1. The van der Waals surface area contributed by atoms with Gasteiger partial charge >= 0.3 is 9.05 Å². The average molecular weight is 230 g/mol. The van der Waals surface area contributed by atoms with Crippen LogP contribution in [0.25, 0.3) is 0 Å².